The summed E-state index contributed by atoms with van der Waals surface area (Å²) >= 11 is 0. The summed E-state index contributed by atoms with van der Waals surface area (Å²) in [6.45, 7) is 11.2. The Morgan fingerprint density at radius 2 is 1.82 bits per heavy atom. The minimum Gasteiger partial charge on any atom is -0.510 e. The highest BCUT2D eigenvalue weighted by Gasteiger charge is 2.63. The fourth-order valence-corrected chi connectivity index (χ4v) is 6.63. The van der Waals surface area contributed by atoms with Crippen molar-refractivity contribution in [3.8, 4) is 5.75 Å². The quantitative estimate of drug-likeness (QED) is 0.288. The van der Waals surface area contributed by atoms with Crippen molar-refractivity contribution in [2.75, 3.05) is 20.6 Å². The fraction of sp³-hybridized carbons (Fsp3) is 0.567. The lowest BCUT2D eigenvalue weighted by atomic mass is 9.58. The van der Waals surface area contributed by atoms with Crippen LogP contribution in [0.3, 0.4) is 0 Å². The molecule has 10 heteroatoms. The molecule has 0 saturated heterocycles. The Morgan fingerprint density at radius 1 is 1.20 bits per heavy atom. The van der Waals surface area contributed by atoms with E-state index in [1.807, 2.05) is 19.9 Å². The number of carbonyl (C=O) groups excluding carboxylic acids is 3. The minimum absolute atomic E-state index is 0.00201. The molecule has 0 heterocycles. The normalized spacial score (nSPS) is 26.8. The Hall–Kier alpha value is -3.21. The molecule has 40 heavy (non-hydrogen) atoms. The number of nitrogens with one attached hydrogen (secondary N) is 1. The zero-order valence-corrected chi connectivity index (χ0v) is 24.3. The van der Waals surface area contributed by atoms with Crippen LogP contribution in [0.4, 0.5) is 0 Å². The van der Waals surface area contributed by atoms with Crippen molar-refractivity contribution in [3.05, 3.63) is 51.0 Å². The molecular weight excluding hydrogens is 514 g/mol. The van der Waals surface area contributed by atoms with Gasteiger partial charge in [-0.05, 0) is 55.3 Å². The Bertz CT molecular complexity index is 1350. The molecule has 10 nitrogen and oxygen atoms in total. The number of carbonyl (C=O) groups is 3. The number of hydrogen-bond acceptors (Lipinski definition) is 9. The zero-order chi connectivity index (χ0) is 30.1. The smallest absolute Gasteiger partial charge is 0.255 e. The van der Waals surface area contributed by atoms with Crippen LogP contribution in [0.1, 0.15) is 74.0 Å². The highest BCUT2D eigenvalue weighted by molar-refractivity contribution is 6.24. The molecule has 0 fully saturated rings. The summed E-state index contributed by atoms with van der Waals surface area (Å²) in [6, 6.07) is 0.898. The number of allylic oxidation sites excluding steroid dienone is 1. The van der Waals surface area contributed by atoms with E-state index < -0.39 is 58.0 Å². The third-order valence-electron chi connectivity index (χ3n) is 8.43. The number of rotatable bonds is 6. The van der Waals surface area contributed by atoms with Gasteiger partial charge in [-0.15, -0.1) is 0 Å². The van der Waals surface area contributed by atoms with Gasteiger partial charge in [0.25, 0.3) is 5.91 Å². The predicted molar refractivity (Wildman–Crippen MR) is 149 cm³/mol. The van der Waals surface area contributed by atoms with Gasteiger partial charge in [-0.3, -0.25) is 19.3 Å². The van der Waals surface area contributed by atoms with E-state index in [9.17, 15) is 34.8 Å². The zero-order valence-electron chi connectivity index (χ0n) is 24.3. The number of hydrogen-bond donors (Lipinski definition) is 6. The minimum atomic E-state index is -2.65. The van der Waals surface area contributed by atoms with E-state index in [0.717, 1.165) is 5.56 Å². The molecule has 0 spiro atoms. The summed E-state index contributed by atoms with van der Waals surface area (Å²) in [7, 11) is 3.22. The molecule has 0 radical (unpaired) electrons. The van der Waals surface area contributed by atoms with Crippen LogP contribution in [-0.2, 0) is 22.6 Å². The first-order valence-corrected chi connectivity index (χ1v) is 13.7. The number of phenolic OH excluding ortho intramolecular Hbond substituents is 1. The number of Topliss-reactive ketones (excluding diaryl/α,β-unsaturated/α-hetero) is 2. The first-order valence-electron chi connectivity index (χ1n) is 13.7. The molecule has 4 atom stereocenters. The monoisotopic (exact) mass is 555 g/mol. The number of amides is 1. The number of nitrogens with two attached hydrogens (primary N) is 1. The van der Waals surface area contributed by atoms with E-state index in [0.29, 0.717) is 24.2 Å². The predicted octanol–water partition coefficient (Wildman–Crippen LogP) is 2.38. The SMILES string of the molecule is CC(C)c1cc(CNCC(C)(C)C)c(O)c2c1C[C@H]1C[C@H]3[C@H](N(C)C)C(O)=C(C(N)=O)C(=O)[C@@]3(O)C(O)=C1C2=O. The van der Waals surface area contributed by atoms with Crippen LogP contribution in [0, 0.1) is 17.3 Å². The lowest BCUT2D eigenvalue weighted by Gasteiger charge is -2.50. The fourth-order valence-electron chi connectivity index (χ4n) is 6.63. The van der Waals surface area contributed by atoms with Crippen LogP contribution in [0.5, 0.6) is 5.75 Å². The number of primary amides is 1. The van der Waals surface area contributed by atoms with Gasteiger partial charge < -0.3 is 31.5 Å². The second-order valence-electron chi connectivity index (χ2n) is 13.1. The maximum Gasteiger partial charge on any atom is 0.255 e. The summed E-state index contributed by atoms with van der Waals surface area (Å²) in [4.78, 5) is 41.2. The standard InChI is InChI=1S/C30H41N3O7/c1-13(2)16-9-15(11-32-12-29(3,4)5)23(34)20-17(16)8-14-10-18-22(33(6)7)25(36)21(28(31)39)27(38)30(18,40)26(37)19(14)24(20)35/h9,13-14,18,22,32,34,36-37,40H,8,10-12H2,1-7H3,(H2,31,39)/t14-,18-,22-,30-/m0/s1. The van der Waals surface area contributed by atoms with Crippen molar-refractivity contribution < 1.29 is 34.8 Å². The molecule has 0 aliphatic heterocycles. The molecule has 218 valence electrons. The van der Waals surface area contributed by atoms with Crippen molar-refractivity contribution >= 4 is 17.5 Å². The van der Waals surface area contributed by atoms with Gasteiger partial charge in [0.05, 0.1) is 11.6 Å². The third-order valence-corrected chi connectivity index (χ3v) is 8.43. The van der Waals surface area contributed by atoms with E-state index in [1.54, 1.807) is 19.0 Å². The number of aliphatic hydroxyl groups is 3. The molecule has 3 aliphatic carbocycles. The van der Waals surface area contributed by atoms with Crippen LogP contribution in [-0.4, -0.2) is 75.1 Å². The highest BCUT2D eigenvalue weighted by atomic mass is 16.3. The van der Waals surface area contributed by atoms with Gasteiger partial charge in [-0.25, -0.2) is 0 Å². The average Bonchev–Trinajstić information content (AvgIpc) is 2.81. The molecule has 0 bridgehead atoms. The number of nitrogens with zero attached hydrogens (tertiary/aromatic N) is 1. The van der Waals surface area contributed by atoms with Gasteiger partial charge in [0.1, 0.15) is 22.8 Å². The second kappa shape index (κ2) is 10.0. The largest absolute Gasteiger partial charge is 0.510 e. The number of likely N-dealkylation sites (N-methyl/N-ethyl adjacent to an activating group) is 1. The van der Waals surface area contributed by atoms with Gasteiger partial charge >= 0.3 is 0 Å². The van der Waals surface area contributed by atoms with Crippen LogP contribution in [0.25, 0.3) is 0 Å². The topological polar surface area (TPSA) is 173 Å². The lowest BCUT2D eigenvalue weighted by Crippen LogP contribution is -2.63. The molecule has 1 amide bonds. The Morgan fingerprint density at radius 3 is 2.35 bits per heavy atom. The van der Waals surface area contributed by atoms with Gasteiger partial charge in [0, 0.05) is 30.1 Å². The molecule has 4 rings (SSSR count). The summed E-state index contributed by atoms with van der Waals surface area (Å²) < 4.78 is 0. The van der Waals surface area contributed by atoms with E-state index in [-0.39, 0.29) is 41.1 Å². The van der Waals surface area contributed by atoms with Gasteiger partial charge in [0.2, 0.25) is 5.78 Å². The summed E-state index contributed by atoms with van der Waals surface area (Å²) in [5.74, 6) is -6.39. The second-order valence-corrected chi connectivity index (χ2v) is 13.1. The van der Waals surface area contributed by atoms with E-state index in [2.05, 4.69) is 26.1 Å². The number of benzene rings is 1. The molecular formula is C30H41N3O7. The Labute approximate surface area is 234 Å². The molecule has 7 N–H and O–H groups in total. The van der Waals surface area contributed by atoms with Crippen LogP contribution in [0.2, 0.25) is 0 Å². The number of aliphatic hydroxyl groups excluding tert-OH is 2. The van der Waals surface area contributed by atoms with E-state index in [1.165, 1.54) is 0 Å². The van der Waals surface area contributed by atoms with Gasteiger partial charge in [0.15, 0.2) is 11.4 Å². The van der Waals surface area contributed by atoms with Crippen molar-refractivity contribution in [3.63, 3.8) is 0 Å². The van der Waals surface area contributed by atoms with Crippen molar-refractivity contribution in [1.82, 2.24) is 10.2 Å². The van der Waals surface area contributed by atoms with Gasteiger partial charge in [-0.2, -0.15) is 0 Å². The highest BCUT2D eigenvalue weighted by Crippen LogP contribution is 2.53. The number of fused-ring (bicyclic) bond motifs is 3. The average molecular weight is 556 g/mol. The maximum atomic E-state index is 14.1. The van der Waals surface area contributed by atoms with Crippen LogP contribution in [0.15, 0.2) is 28.7 Å². The first kappa shape index (κ1) is 29.8. The van der Waals surface area contributed by atoms with E-state index >= 15 is 0 Å². The molecule has 1 aromatic carbocycles. The number of aromatic hydroxyl groups is 1. The first-order chi connectivity index (χ1) is 18.4. The Balaban J connectivity index is 1.90. The number of ketones is 2. The maximum absolute atomic E-state index is 14.1. The molecule has 1 aromatic rings. The molecule has 3 aliphatic rings. The summed E-state index contributed by atoms with van der Waals surface area (Å²) in [5, 5.41) is 48.8. The Kier molecular flexibility index (Phi) is 7.45. The van der Waals surface area contributed by atoms with Crippen molar-refractivity contribution in [2.24, 2.45) is 23.0 Å². The van der Waals surface area contributed by atoms with Gasteiger partial charge in [-0.1, -0.05) is 40.7 Å². The number of phenols is 1. The lowest BCUT2D eigenvalue weighted by molar-refractivity contribution is -0.148. The summed E-state index contributed by atoms with van der Waals surface area (Å²) in [5.41, 5.74) is 3.95. The van der Waals surface area contributed by atoms with Crippen LogP contribution >= 0.6 is 0 Å². The molecule has 0 unspecified atom stereocenters. The van der Waals surface area contributed by atoms with E-state index in [4.69, 9.17) is 5.73 Å². The van der Waals surface area contributed by atoms with Crippen molar-refractivity contribution in [1.29, 1.82) is 0 Å². The molecule has 0 saturated carbocycles. The third kappa shape index (κ3) is 4.52. The van der Waals surface area contributed by atoms with Crippen molar-refractivity contribution in [2.45, 2.75) is 71.6 Å². The summed E-state index contributed by atoms with van der Waals surface area (Å²) in [6.07, 6.45) is 0.351. The van der Waals surface area contributed by atoms with Crippen LogP contribution < -0.4 is 11.1 Å². The molecule has 0 aromatic heterocycles.